The van der Waals surface area contributed by atoms with Crippen molar-refractivity contribution in [3.05, 3.63) is 220 Å². The number of alkyl halides is 1. The molecule has 3 aliphatic carbocycles. The summed E-state index contributed by atoms with van der Waals surface area (Å²) < 4.78 is 87.5. The monoisotopic (exact) mass is 1630 g/mol. The number of nitrogens with zero attached hydrogens (tertiary/aromatic N) is 12. The third-order valence-corrected chi connectivity index (χ3v) is 24.8. The first kappa shape index (κ1) is 84.2. The van der Waals surface area contributed by atoms with E-state index >= 15 is 4.39 Å². The molecule has 6 heterocycles. The lowest BCUT2D eigenvalue weighted by Crippen LogP contribution is -2.69. The van der Waals surface area contributed by atoms with Crippen molar-refractivity contribution >= 4 is 45.5 Å². The highest BCUT2D eigenvalue weighted by atomic mass is 32.2. The number of hydrogen-bond donors (Lipinski definition) is 7. The Labute approximate surface area is 677 Å². The van der Waals surface area contributed by atoms with E-state index in [9.17, 15) is 50.4 Å². The number of rotatable bonds is 31. The van der Waals surface area contributed by atoms with E-state index in [1.807, 2.05) is 37.4 Å². The summed E-state index contributed by atoms with van der Waals surface area (Å²) in [5.74, 6) is -0.718. The largest absolute Gasteiger partial charge is 0.380 e. The van der Waals surface area contributed by atoms with Gasteiger partial charge in [0.2, 0.25) is 27.7 Å². The summed E-state index contributed by atoms with van der Waals surface area (Å²) >= 11 is 0. The number of halogens is 4. The Kier molecular flexibility index (Phi) is 27.4. The highest BCUT2D eigenvalue weighted by Crippen LogP contribution is 2.50. The minimum absolute atomic E-state index is 0.0703. The van der Waals surface area contributed by atoms with Crippen LogP contribution in [0.3, 0.4) is 0 Å². The van der Waals surface area contributed by atoms with Crippen molar-refractivity contribution < 1.29 is 59.5 Å². The first-order chi connectivity index (χ1) is 56.4. The van der Waals surface area contributed by atoms with Crippen molar-refractivity contribution in [1.82, 2.24) is 91.4 Å². The van der Waals surface area contributed by atoms with Crippen LogP contribution in [-0.2, 0) is 34.8 Å². The molecule has 0 unspecified atom stereocenters. The molecule has 4 aliphatic heterocycles. The number of aromatic amines is 1. The molecule has 9 atom stereocenters. The third-order valence-electron chi connectivity index (χ3n) is 22.9. The molecular formula is C84H99F4N19O9S. The van der Waals surface area contributed by atoms with Gasteiger partial charge in [-0.05, 0) is 217 Å². The van der Waals surface area contributed by atoms with Crippen LogP contribution in [0.25, 0.3) is 5.69 Å². The first-order valence-electron chi connectivity index (χ1n) is 39.9. The molecule has 7 aliphatic rings. The summed E-state index contributed by atoms with van der Waals surface area (Å²) in [5.41, 5.74) is 3.64. The van der Waals surface area contributed by atoms with Crippen LogP contribution in [0, 0.1) is 34.2 Å². The third kappa shape index (κ3) is 21.7. The maximum Gasteiger partial charge on any atom is 0.251 e. The Morgan fingerprint density at radius 1 is 0.607 bits per heavy atom. The number of ether oxygens (including phenoxy) is 1. The van der Waals surface area contributed by atoms with E-state index in [0.29, 0.717) is 169 Å². The van der Waals surface area contributed by atoms with Crippen molar-refractivity contribution in [2.45, 2.75) is 135 Å². The van der Waals surface area contributed by atoms with Crippen LogP contribution in [-0.4, -0.2) is 246 Å². The van der Waals surface area contributed by atoms with Gasteiger partial charge in [-0.15, -0.1) is 15.3 Å². The van der Waals surface area contributed by atoms with E-state index in [0.717, 1.165) is 59.9 Å². The summed E-state index contributed by atoms with van der Waals surface area (Å²) in [6.45, 7) is 8.37. The average Bonchev–Trinajstić information content (AvgIpc) is 1.67. The Hall–Kier alpha value is -10.7. The van der Waals surface area contributed by atoms with Crippen LogP contribution < -0.4 is 31.9 Å². The minimum atomic E-state index is -3.60. The van der Waals surface area contributed by atoms with Gasteiger partial charge < -0.3 is 56.2 Å². The highest BCUT2D eigenvalue weighted by Gasteiger charge is 2.56. The standard InChI is InChI=1S/C28H33F2N7O2.C28H31FN8O2.C28H35FN4O5S/c1-35-15-17-36(18-16-35)27(39)24(33-26(38)20-4-10-23(11-5-20)37-14-13-32-34-37)3-2-12-31-25-19-28(25,30)21-6-8-22(29)9-7-21;29-22-9-7-19(8-10-22)23-16-25(23)31-13-1-2-24(32-27(38)21-5-3-18(17-30)4-6-21)28(39)37-14-11-20(12-15-37)26-33-35-36-34-26;1-32(2)39(36,37)22-11-7-20(8-12-22)26(34)31-24(27(35)33-15-28(16-33)17-38-18-28)4-3-13-30-25-14-23(25)19-5-9-21(29)10-6-19/h4-11,13-14,24-25,31H,2-3,12,15-19H2,1H3,(H,33,38);3-10,20,23-25,31H,1-2,11-16H2,(H,32,38)(H,33,34,35,36);5-12,23-25,30H,3-4,13-18H2,1-2H3,(H,31,34)/t24-,25-,28-;23-,24+,25+;23-,24-,25+/m000/s1. The number of likely N-dealkylation sites (N-methyl/N-ethyl adjacent to an activating group) is 1. The molecule has 6 amide bonds. The van der Waals surface area contributed by atoms with Gasteiger partial charge in [0.05, 0.1) is 53.2 Å². The molecule has 0 radical (unpaired) electrons. The quantitative estimate of drug-likeness (QED) is 0.0172. The smallest absolute Gasteiger partial charge is 0.251 e. The summed E-state index contributed by atoms with van der Waals surface area (Å²) in [6.07, 6.45) is 10.4. The van der Waals surface area contributed by atoms with Gasteiger partial charge in [-0.2, -0.15) is 10.5 Å². The lowest BCUT2D eigenvalue weighted by atomic mass is 9.77. The molecule has 33 heteroatoms. The fourth-order valence-electron chi connectivity index (χ4n) is 15.5. The SMILES string of the molecule is CN(C)S(=O)(=O)c1ccc(C(=O)N[C@@H](CCCN[C@@H]2C[C@H]2c2ccc(F)cc2)C(=O)N2CC3(COC3)C2)cc1.CN1CCN(C(=O)[C@H](CCCN[C@H]2C[C@]2(F)c2ccc(F)cc2)NC(=O)c2ccc(-n3ccnn3)cc2)CC1.N#Cc1ccc(C(=O)N[C@H](CCCN[C@@H]2C[C@H]2c2ccc(F)cc2)C(=O)N2CCC(c3nn[nH]n3)CC2)cc1. The molecule has 28 nitrogen and oxygen atoms in total. The number of likely N-dealkylation sites (tertiary alicyclic amines) is 2. The van der Waals surface area contributed by atoms with Gasteiger partial charge in [0.15, 0.2) is 11.5 Å². The van der Waals surface area contributed by atoms with Gasteiger partial charge in [0.25, 0.3) is 17.7 Å². The van der Waals surface area contributed by atoms with E-state index in [1.165, 1.54) is 86.9 Å². The number of hydrogen-bond acceptors (Lipinski definition) is 19. The maximum atomic E-state index is 15.2. The Morgan fingerprint density at radius 3 is 1.51 bits per heavy atom. The number of sulfonamides is 1. The number of benzene rings is 6. The van der Waals surface area contributed by atoms with Crippen LogP contribution in [0.5, 0.6) is 0 Å². The lowest BCUT2D eigenvalue weighted by molar-refractivity contribution is -0.196. The number of amides is 6. The lowest BCUT2D eigenvalue weighted by Gasteiger charge is -2.55. The zero-order chi connectivity index (χ0) is 82.4. The molecule has 15 rings (SSSR count). The fraction of sp³-hybridized carbons (Fsp3) is 0.452. The molecule has 6 aromatic carbocycles. The van der Waals surface area contributed by atoms with Crippen molar-refractivity contribution in [3.8, 4) is 11.8 Å². The molecule has 1 spiro atoms. The van der Waals surface area contributed by atoms with Crippen molar-refractivity contribution in [3.63, 3.8) is 0 Å². The second-order valence-corrected chi connectivity index (χ2v) is 33.7. The van der Waals surface area contributed by atoms with Gasteiger partial charge in [0, 0.05) is 125 Å². The Balaban J connectivity index is 0.000000152. The van der Waals surface area contributed by atoms with Crippen LogP contribution in [0.15, 0.2) is 163 Å². The Bertz CT molecular complexity index is 4840. The maximum absolute atomic E-state index is 15.2. The number of tetrazole rings is 1. The number of aromatic nitrogens is 7. The topological polar surface area (TPSA) is 343 Å². The first-order valence-corrected chi connectivity index (χ1v) is 41.3. The van der Waals surface area contributed by atoms with Gasteiger partial charge in [0.1, 0.15) is 35.6 Å². The molecule has 117 heavy (non-hydrogen) atoms. The van der Waals surface area contributed by atoms with Crippen molar-refractivity contribution in [2.75, 3.05) is 106 Å². The minimum Gasteiger partial charge on any atom is -0.380 e. The number of carbonyl (C=O) groups excluding carboxylic acids is 6. The zero-order valence-corrected chi connectivity index (χ0v) is 66.5. The van der Waals surface area contributed by atoms with E-state index in [1.54, 1.807) is 80.3 Å². The molecule has 7 fully saturated rings. The van der Waals surface area contributed by atoms with E-state index in [-0.39, 0.29) is 69.0 Å². The predicted molar refractivity (Wildman–Crippen MR) is 425 cm³/mol. The molecular weight excluding hydrogens is 1530 g/mol. The number of piperidine rings is 1. The van der Waals surface area contributed by atoms with E-state index < -0.39 is 45.5 Å². The molecule has 4 saturated heterocycles. The molecule has 618 valence electrons. The predicted octanol–water partition coefficient (Wildman–Crippen LogP) is 6.89. The van der Waals surface area contributed by atoms with E-state index in [2.05, 4.69) is 67.7 Å². The molecule has 3 saturated carbocycles. The summed E-state index contributed by atoms with van der Waals surface area (Å²) in [4.78, 5) is 87.0. The molecule has 2 aromatic heterocycles. The van der Waals surface area contributed by atoms with Crippen LogP contribution in [0.4, 0.5) is 17.6 Å². The number of piperazine rings is 1. The number of nitrogens with one attached hydrogen (secondary N) is 7. The van der Waals surface area contributed by atoms with Crippen LogP contribution in [0.1, 0.15) is 148 Å². The summed E-state index contributed by atoms with van der Waals surface area (Å²) in [7, 11) is 1.31. The average molecular weight is 1630 g/mol. The normalized spacial score (nSPS) is 21.3. The Morgan fingerprint density at radius 2 is 1.07 bits per heavy atom. The van der Waals surface area contributed by atoms with Gasteiger partial charge in [-0.25, -0.2) is 35.0 Å². The fourth-order valence-corrected chi connectivity index (χ4v) is 16.4. The summed E-state index contributed by atoms with van der Waals surface area (Å²) in [5, 5.41) is 50.0. The summed E-state index contributed by atoms with van der Waals surface area (Å²) in [6, 6.07) is 38.0. The van der Waals surface area contributed by atoms with E-state index in [4.69, 9.17) is 10.00 Å². The van der Waals surface area contributed by atoms with Gasteiger partial charge >= 0.3 is 0 Å². The van der Waals surface area contributed by atoms with Crippen molar-refractivity contribution in [2.24, 2.45) is 5.41 Å². The molecule has 0 bridgehead atoms. The zero-order valence-electron chi connectivity index (χ0n) is 65.6. The van der Waals surface area contributed by atoms with Gasteiger partial charge in [-0.1, -0.05) is 46.8 Å². The van der Waals surface area contributed by atoms with Crippen molar-refractivity contribution in [1.29, 1.82) is 5.26 Å². The highest BCUT2D eigenvalue weighted by molar-refractivity contribution is 7.89. The molecule has 7 N–H and O–H groups in total. The number of nitriles is 1. The van der Waals surface area contributed by atoms with Gasteiger partial charge in [-0.3, -0.25) is 28.8 Å². The second kappa shape index (κ2) is 38.1. The number of H-pyrrole nitrogens is 1. The van der Waals surface area contributed by atoms with Crippen LogP contribution in [0.2, 0.25) is 0 Å². The second-order valence-electron chi connectivity index (χ2n) is 31.6. The van der Waals surface area contributed by atoms with Crippen LogP contribution >= 0.6 is 0 Å². The number of carbonyl (C=O) groups is 6. The molecule has 8 aromatic rings.